The van der Waals surface area contributed by atoms with Gasteiger partial charge in [-0.15, -0.1) is 0 Å². The summed E-state index contributed by atoms with van der Waals surface area (Å²) in [5.41, 5.74) is 3.60. The van der Waals surface area contributed by atoms with E-state index in [2.05, 4.69) is 0 Å². The number of fused-ring (bicyclic) bond motifs is 1. The number of aliphatic hydroxyl groups excluding tert-OH is 1. The Labute approximate surface area is 147 Å². The molecule has 2 atom stereocenters. The van der Waals surface area contributed by atoms with Crippen LogP contribution in [0.3, 0.4) is 0 Å². The van der Waals surface area contributed by atoms with Gasteiger partial charge in [-0.3, -0.25) is 4.79 Å². The minimum atomic E-state index is -0.799. The fourth-order valence-corrected chi connectivity index (χ4v) is 3.56. The number of para-hydroxylation sites is 1. The number of carbonyl (C=O) groups is 1. The maximum atomic E-state index is 12.9. The fraction of sp³-hybridized carbons (Fsp3) is 0.136. The van der Waals surface area contributed by atoms with Crippen LogP contribution in [0.2, 0.25) is 0 Å². The normalized spacial score (nSPS) is 17.9. The van der Waals surface area contributed by atoms with Crippen LogP contribution in [0.1, 0.15) is 28.8 Å². The third-order valence-electron chi connectivity index (χ3n) is 4.74. The standard InChI is InChI=1S/C22H19NO2/c24-20-15-17-11-7-8-14-19(17)21(22(25)16-9-3-1-4-10-16)23(20)18-12-5-2-6-13-18/h1-14,21-22,25H,15H2. The average Bonchev–Trinajstić information content (AvgIpc) is 2.67. The van der Waals surface area contributed by atoms with Crippen molar-refractivity contribution in [2.75, 3.05) is 4.90 Å². The van der Waals surface area contributed by atoms with Gasteiger partial charge in [-0.25, -0.2) is 0 Å². The number of amides is 1. The zero-order valence-corrected chi connectivity index (χ0v) is 13.7. The highest BCUT2D eigenvalue weighted by atomic mass is 16.3. The van der Waals surface area contributed by atoms with E-state index in [9.17, 15) is 9.90 Å². The maximum absolute atomic E-state index is 12.9. The topological polar surface area (TPSA) is 40.5 Å². The molecule has 0 saturated heterocycles. The highest BCUT2D eigenvalue weighted by molar-refractivity contribution is 5.97. The van der Waals surface area contributed by atoms with Gasteiger partial charge in [0.15, 0.2) is 0 Å². The molecule has 0 radical (unpaired) electrons. The lowest BCUT2D eigenvalue weighted by atomic mass is 9.86. The van der Waals surface area contributed by atoms with Crippen molar-refractivity contribution in [1.82, 2.24) is 0 Å². The van der Waals surface area contributed by atoms with E-state index in [1.165, 1.54) is 0 Å². The van der Waals surface area contributed by atoms with Crippen molar-refractivity contribution in [1.29, 1.82) is 0 Å². The van der Waals surface area contributed by atoms with Crippen molar-refractivity contribution in [3.05, 3.63) is 102 Å². The van der Waals surface area contributed by atoms with E-state index >= 15 is 0 Å². The summed E-state index contributed by atoms with van der Waals surface area (Å²) in [7, 11) is 0. The summed E-state index contributed by atoms with van der Waals surface area (Å²) < 4.78 is 0. The van der Waals surface area contributed by atoms with Gasteiger partial charge in [-0.05, 0) is 28.8 Å². The molecule has 0 fully saturated rings. The van der Waals surface area contributed by atoms with Gasteiger partial charge >= 0.3 is 0 Å². The van der Waals surface area contributed by atoms with Crippen LogP contribution in [0.15, 0.2) is 84.9 Å². The molecule has 1 N–H and O–H groups in total. The van der Waals surface area contributed by atoms with Crippen LogP contribution in [0.25, 0.3) is 0 Å². The van der Waals surface area contributed by atoms with E-state index in [4.69, 9.17) is 0 Å². The minimum Gasteiger partial charge on any atom is -0.386 e. The molecule has 1 aliphatic heterocycles. The number of hydrogen-bond donors (Lipinski definition) is 1. The lowest BCUT2D eigenvalue weighted by Gasteiger charge is -2.40. The van der Waals surface area contributed by atoms with E-state index in [-0.39, 0.29) is 5.91 Å². The maximum Gasteiger partial charge on any atom is 0.232 e. The molecule has 0 aliphatic carbocycles. The summed E-state index contributed by atoms with van der Waals surface area (Å²) in [4.78, 5) is 14.7. The molecule has 4 rings (SSSR count). The predicted octanol–water partition coefficient (Wildman–Crippen LogP) is 4.05. The van der Waals surface area contributed by atoms with Gasteiger partial charge in [0, 0.05) is 5.69 Å². The molecule has 124 valence electrons. The Morgan fingerprint density at radius 2 is 1.44 bits per heavy atom. The van der Waals surface area contributed by atoms with Crippen LogP contribution < -0.4 is 4.90 Å². The van der Waals surface area contributed by atoms with E-state index in [0.29, 0.717) is 6.42 Å². The molecule has 3 aromatic carbocycles. The number of nitrogens with zero attached hydrogens (tertiary/aromatic N) is 1. The molecule has 2 unspecified atom stereocenters. The quantitative estimate of drug-likeness (QED) is 0.787. The largest absolute Gasteiger partial charge is 0.386 e. The third kappa shape index (κ3) is 2.83. The predicted molar refractivity (Wildman–Crippen MR) is 98.2 cm³/mol. The third-order valence-corrected chi connectivity index (χ3v) is 4.74. The van der Waals surface area contributed by atoms with Crippen molar-refractivity contribution in [3.8, 4) is 0 Å². The van der Waals surface area contributed by atoms with Gasteiger partial charge in [0.1, 0.15) is 6.10 Å². The molecule has 1 amide bonds. The second kappa shape index (κ2) is 6.54. The smallest absolute Gasteiger partial charge is 0.232 e. The summed E-state index contributed by atoms with van der Waals surface area (Å²) in [6.07, 6.45) is -0.449. The average molecular weight is 329 g/mol. The lowest BCUT2D eigenvalue weighted by Crippen LogP contribution is -2.43. The molecular formula is C22H19NO2. The first-order valence-corrected chi connectivity index (χ1v) is 8.43. The van der Waals surface area contributed by atoms with Gasteiger partial charge < -0.3 is 10.0 Å². The summed E-state index contributed by atoms with van der Waals surface area (Å²) in [5.74, 6) is 0.00452. The number of aliphatic hydroxyl groups is 1. The van der Waals surface area contributed by atoms with Gasteiger partial charge in [0.05, 0.1) is 12.5 Å². The van der Waals surface area contributed by atoms with E-state index < -0.39 is 12.1 Å². The Balaban J connectivity index is 1.86. The molecule has 3 heteroatoms. The first-order valence-electron chi connectivity index (χ1n) is 8.43. The Hall–Kier alpha value is -2.91. The molecule has 0 saturated carbocycles. The molecule has 0 spiro atoms. The Morgan fingerprint density at radius 1 is 0.840 bits per heavy atom. The fourth-order valence-electron chi connectivity index (χ4n) is 3.56. The van der Waals surface area contributed by atoms with Crippen molar-refractivity contribution in [2.24, 2.45) is 0 Å². The van der Waals surface area contributed by atoms with Crippen molar-refractivity contribution >= 4 is 11.6 Å². The molecule has 0 aromatic heterocycles. The molecule has 25 heavy (non-hydrogen) atoms. The van der Waals surface area contributed by atoms with E-state index in [1.807, 2.05) is 84.9 Å². The Kier molecular flexibility index (Phi) is 4.08. The molecule has 0 bridgehead atoms. The molecule has 3 aromatic rings. The molecular weight excluding hydrogens is 310 g/mol. The highest BCUT2D eigenvalue weighted by Gasteiger charge is 2.38. The highest BCUT2D eigenvalue weighted by Crippen LogP contribution is 2.41. The zero-order valence-electron chi connectivity index (χ0n) is 13.7. The molecule has 1 aliphatic rings. The lowest BCUT2D eigenvalue weighted by molar-refractivity contribution is -0.119. The van der Waals surface area contributed by atoms with Crippen LogP contribution in [0.5, 0.6) is 0 Å². The number of carbonyl (C=O) groups excluding carboxylic acids is 1. The van der Waals surface area contributed by atoms with Crippen molar-refractivity contribution in [3.63, 3.8) is 0 Å². The summed E-state index contributed by atoms with van der Waals surface area (Å²) >= 11 is 0. The van der Waals surface area contributed by atoms with Crippen molar-refractivity contribution < 1.29 is 9.90 Å². The first-order chi connectivity index (χ1) is 12.3. The van der Waals surface area contributed by atoms with Crippen LogP contribution in [-0.4, -0.2) is 11.0 Å². The first kappa shape index (κ1) is 15.6. The SMILES string of the molecule is O=C1Cc2ccccc2C(C(O)c2ccccc2)N1c1ccccc1. The van der Waals surface area contributed by atoms with Gasteiger partial charge in [-0.2, -0.15) is 0 Å². The van der Waals surface area contributed by atoms with Gasteiger partial charge in [0.2, 0.25) is 5.91 Å². The zero-order chi connectivity index (χ0) is 17.2. The van der Waals surface area contributed by atoms with Gasteiger partial charge in [-0.1, -0.05) is 72.8 Å². The minimum absolute atomic E-state index is 0.00452. The second-order valence-electron chi connectivity index (χ2n) is 6.28. The Bertz CT molecular complexity index is 877. The number of rotatable bonds is 3. The summed E-state index contributed by atoms with van der Waals surface area (Å²) in [5, 5.41) is 11.1. The second-order valence-corrected chi connectivity index (χ2v) is 6.28. The Morgan fingerprint density at radius 3 is 2.16 bits per heavy atom. The van der Waals surface area contributed by atoms with Crippen LogP contribution in [0, 0.1) is 0 Å². The molecule has 1 heterocycles. The number of anilines is 1. The van der Waals surface area contributed by atoms with Crippen molar-refractivity contribution in [2.45, 2.75) is 18.6 Å². The van der Waals surface area contributed by atoms with Crippen LogP contribution in [-0.2, 0) is 11.2 Å². The summed E-state index contributed by atoms with van der Waals surface area (Å²) in [6.45, 7) is 0. The monoisotopic (exact) mass is 329 g/mol. The van der Waals surface area contributed by atoms with Gasteiger partial charge in [0.25, 0.3) is 0 Å². The van der Waals surface area contributed by atoms with E-state index in [0.717, 1.165) is 22.4 Å². The van der Waals surface area contributed by atoms with Crippen LogP contribution in [0.4, 0.5) is 5.69 Å². The number of hydrogen-bond acceptors (Lipinski definition) is 2. The van der Waals surface area contributed by atoms with Crippen LogP contribution >= 0.6 is 0 Å². The number of benzene rings is 3. The summed E-state index contributed by atoms with van der Waals surface area (Å²) in [6, 6.07) is 26.5. The van der Waals surface area contributed by atoms with E-state index in [1.54, 1.807) is 4.90 Å². The molecule has 3 nitrogen and oxygen atoms in total.